The van der Waals surface area contributed by atoms with Crippen LogP contribution in [0, 0.1) is 6.92 Å². The monoisotopic (exact) mass is 233 g/mol. The fourth-order valence-corrected chi connectivity index (χ4v) is 2.30. The van der Waals surface area contributed by atoms with Crippen LogP contribution < -0.4 is 10.6 Å². The molecule has 0 fully saturated rings. The number of hydrogen-bond acceptors (Lipinski definition) is 4. The highest BCUT2D eigenvalue weighted by Gasteiger charge is 2.06. The summed E-state index contributed by atoms with van der Waals surface area (Å²) in [5.41, 5.74) is 11.9. The van der Waals surface area contributed by atoms with Crippen LogP contribution in [0.2, 0.25) is 0 Å². The molecule has 1 heterocycles. The predicted octanol–water partition coefficient (Wildman–Crippen LogP) is 2.67. The second kappa shape index (κ2) is 4.53. The predicted molar refractivity (Wildman–Crippen MR) is 69.8 cm³/mol. The molecule has 4 heteroatoms. The topological polar surface area (TPSA) is 42.1 Å². The van der Waals surface area contributed by atoms with E-state index in [9.17, 15) is 0 Å². The fraction of sp³-hybridized carbons (Fsp3) is 0.250. The van der Waals surface area contributed by atoms with E-state index in [1.165, 1.54) is 11.3 Å². The average molecular weight is 233 g/mol. The second-order valence-electron chi connectivity index (χ2n) is 3.88. The molecule has 2 N–H and O–H groups in total. The molecule has 0 spiro atoms. The molecule has 0 saturated heterocycles. The van der Waals surface area contributed by atoms with Crippen molar-refractivity contribution in [3.8, 4) is 0 Å². The summed E-state index contributed by atoms with van der Waals surface area (Å²) in [6, 6.07) is 5.98. The van der Waals surface area contributed by atoms with Crippen LogP contribution >= 0.6 is 11.3 Å². The van der Waals surface area contributed by atoms with Gasteiger partial charge in [-0.25, -0.2) is 4.98 Å². The van der Waals surface area contributed by atoms with Gasteiger partial charge in [0.15, 0.2) is 0 Å². The lowest BCUT2D eigenvalue weighted by Gasteiger charge is -2.20. The molecule has 84 valence electrons. The van der Waals surface area contributed by atoms with E-state index >= 15 is 0 Å². The maximum atomic E-state index is 5.73. The van der Waals surface area contributed by atoms with Crippen molar-refractivity contribution >= 4 is 22.7 Å². The maximum Gasteiger partial charge on any atom is 0.0795 e. The normalized spacial score (nSPS) is 10.4. The number of nitrogens with two attached hydrogens (primary N) is 1. The Balaban J connectivity index is 2.17. The smallest absolute Gasteiger partial charge is 0.0795 e. The molecule has 0 unspecified atom stereocenters. The van der Waals surface area contributed by atoms with Crippen molar-refractivity contribution in [1.82, 2.24) is 4.98 Å². The van der Waals surface area contributed by atoms with Crippen LogP contribution in [0.15, 0.2) is 29.1 Å². The van der Waals surface area contributed by atoms with Crippen molar-refractivity contribution in [3.63, 3.8) is 0 Å². The van der Waals surface area contributed by atoms with Crippen LogP contribution in [0.25, 0.3) is 0 Å². The van der Waals surface area contributed by atoms with Crippen LogP contribution in [0.1, 0.15) is 11.3 Å². The third-order valence-corrected chi connectivity index (χ3v) is 3.15. The average Bonchev–Trinajstić information content (AvgIpc) is 2.70. The number of anilines is 2. The molecule has 0 aliphatic carbocycles. The number of thiazole rings is 1. The summed E-state index contributed by atoms with van der Waals surface area (Å²) in [5.74, 6) is 0. The number of hydrogen-bond donors (Lipinski definition) is 1. The zero-order valence-corrected chi connectivity index (χ0v) is 10.3. The van der Waals surface area contributed by atoms with Gasteiger partial charge < -0.3 is 10.6 Å². The van der Waals surface area contributed by atoms with Crippen molar-refractivity contribution in [2.45, 2.75) is 13.5 Å². The van der Waals surface area contributed by atoms with E-state index in [-0.39, 0.29) is 0 Å². The van der Waals surface area contributed by atoms with Gasteiger partial charge in [-0.1, -0.05) is 0 Å². The molecular weight excluding hydrogens is 218 g/mol. The zero-order valence-electron chi connectivity index (χ0n) is 9.47. The fourth-order valence-electron chi connectivity index (χ4n) is 1.75. The van der Waals surface area contributed by atoms with E-state index in [1.807, 2.05) is 17.6 Å². The number of aryl methyl sites for hydroxylation is 1. The summed E-state index contributed by atoms with van der Waals surface area (Å²) in [6.45, 7) is 2.90. The molecular formula is C12H15N3S. The van der Waals surface area contributed by atoms with Crippen molar-refractivity contribution in [1.29, 1.82) is 0 Å². The molecule has 1 aromatic carbocycles. The Morgan fingerprint density at radius 3 is 2.88 bits per heavy atom. The summed E-state index contributed by atoms with van der Waals surface area (Å²) in [5, 5.41) is 2.07. The number of nitrogens with zero attached hydrogens (tertiary/aromatic N) is 2. The van der Waals surface area contributed by atoms with Gasteiger partial charge in [0.1, 0.15) is 0 Å². The van der Waals surface area contributed by atoms with Crippen LogP contribution in [0.3, 0.4) is 0 Å². The van der Waals surface area contributed by atoms with E-state index in [0.717, 1.165) is 17.9 Å². The van der Waals surface area contributed by atoms with Gasteiger partial charge in [-0.2, -0.15) is 0 Å². The van der Waals surface area contributed by atoms with Gasteiger partial charge in [-0.15, -0.1) is 11.3 Å². The SMILES string of the molecule is Cc1cc(N)ccc1N(C)Cc1cscn1. The second-order valence-corrected chi connectivity index (χ2v) is 4.60. The first-order valence-electron chi connectivity index (χ1n) is 5.11. The van der Waals surface area contributed by atoms with E-state index in [2.05, 4.69) is 35.3 Å². The maximum absolute atomic E-state index is 5.73. The lowest BCUT2D eigenvalue weighted by Crippen LogP contribution is -2.17. The van der Waals surface area contributed by atoms with Gasteiger partial charge in [0.25, 0.3) is 0 Å². The number of benzene rings is 1. The van der Waals surface area contributed by atoms with Gasteiger partial charge in [-0.05, 0) is 30.7 Å². The van der Waals surface area contributed by atoms with E-state index in [4.69, 9.17) is 5.73 Å². The van der Waals surface area contributed by atoms with Crippen molar-refractivity contribution < 1.29 is 0 Å². The summed E-state index contributed by atoms with van der Waals surface area (Å²) in [6.07, 6.45) is 0. The highest BCUT2D eigenvalue weighted by molar-refractivity contribution is 7.07. The molecule has 0 aliphatic rings. The summed E-state index contributed by atoms with van der Waals surface area (Å²) < 4.78 is 0. The van der Waals surface area contributed by atoms with E-state index in [0.29, 0.717) is 0 Å². The minimum Gasteiger partial charge on any atom is -0.399 e. The first kappa shape index (κ1) is 11.0. The van der Waals surface area contributed by atoms with Crippen LogP contribution in [0.5, 0.6) is 0 Å². The summed E-state index contributed by atoms with van der Waals surface area (Å²) >= 11 is 1.63. The van der Waals surface area contributed by atoms with Crippen molar-refractivity contribution in [2.24, 2.45) is 0 Å². The van der Waals surface area contributed by atoms with Crippen molar-refractivity contribution in [2.75, 3.05) is 17.7 Å². The zero-order chi connectivity index (χ0) is 11.5. The molecule has 3 nitrogen and oxygen atoms in total. The largest absolute Gasteiger partial charge is 0.399 e. The molecule has 0 saturated carbocycles. The van der Waals surface area contributed by atoms with Gasteiger partial charge in [-0.3, -0.25) is 0 Å². The Hall–Kier alpha value is -1.55. The van der Waals surface area contributed by atoms with Crippen LogP contribution in [-0.4, -0.2) is 12.0 Å². The quantitative estimate of drug-likeness (QED) is 0.829. The molecule has 1 aromatic heterocycles. The molecule has 0 atom stereocenters. The lowest BCUT2D eigenvalue weighted by molar-refractivity contribution is 0.890. The molecule has 0 bridgehead atoms. The Labute approximate surface area is 99.5 Å². The molecule has 0 amide bonds. The number of aromatic nitrogens is 1. The highest BCUT2D eigenvalue weighted by atomic mass is 32.1. The third-order valence-electron chi connectivity index (χ3n) is 2.51. The minimum atomic E-state index is 0.809. The molecule has 16 heavy (non-hydrogen) atoms. The Kier molecular flexibility index (Phi) is 3.10. The summed E-state index contributed by atoms with van der Waals surface area (Å²) in [4.78, 5) is 6.47. The Morgan fingerprint density at radius 2 is 2.25 bits per heavy atom. The lowest BCUT2D eigenvalue weighted by atomic mass is 10.1. The minimum absolute atomic E-state index is 0.809. The molecule has 0 aliphatic heterocycles. The Morgan fingerprint density at radius 1 is 1.44 bits per heavy atom. The van der Waals surface area contributed by atoms with Gasteiger partial charge >= 0.3 is 0 Å². The highest BCUT2D eigenvalue weighted by Crippen LogP contribution is 2.22. The van der Waals surface area contributed by atoms with E-state index < -0.39 is 0 Å². The standard InChI is InChI=1S/C12H15N3S/c1-9-5-10(13)3-4-12(9)15(2)6-11-7-16-8-14-11/h3-5,7-8H,6,13H2,1-2H3. The molecule has 2 aromatic rings. The first-order valence-corrected chi connectivity index (χ1v) is 6.05. The third kappa shape index (κ3) is 2.33. The van der Waals surface area contributed by atoms with Gasteiger partial charge in [0.2, 0.25) is 0 Å². The van der Waals surface area contributed by atoms with E-state index in [1.54, 1.807) is 11.3 Å². The number of rotatable bonds is 3. The molecule has 2 rings (SSSR count). The molecule has 0 radical (unpaired) electrons. The van der Waals surface area contributed by atoms with Crippen molar-refractivity contribution in [3.05, 3.63) is 40.3 Å². The van der Waals surface area contributed by atoms with Crippen LogP contribution in [-0.2, 0) is 6.54 Å². The number of nitrogen functional groups attached to an aromatic ring is 1. The van der Waals surface area contributed by atoms with Gasteiger partial charge in [0, 0.05) is 23.8 Å². The Bertz CT molecular complexity index is 465. The summed E-state index contributed by atoms with van der Waals surface area (Å²) in [7, 11) is 2.07. The van der Waals surface area contributed by atoms with Gasteiger partial charge in [0.05, 0.1) is 17.7 Å². The van der Waals surface area contributed by atoms with Crippen LogP contribution in [0.4, 0.5) is 11.4 Å². The first-order chi connectivity index (χ1) is 7.66.